The van der Waals surface area contributed by atoms with Gasteiger partial charge in [0, 0.05) is 23.5 Å². The van der Waals surface area contributed by atoms with E-state index < -0.39 is 0 Å². The highest BCUT2D eigenvalue weighted by Crippen LogP contribution is 2.27. The molecule has 0 saturated heterocycles. The third-order valence-electron chi connectivity index (χ3n) is 2.64. The van der Waals surface area contributed by atoms with Crippen molar-refractivity contribution in [2.45, 2.75) is 38.8 Å². The summed E-state index contributed by atoms with van der Waals surface area (Å²) >= 11 is 0. The van der Waals surface area contributed by atoms with Gasteiger partial charge in [0.05, 0.1) is 5.56 Å². The van der Waals surface area contributed by atoms with Crippen LogP contribution >= 0.6 is 0 Å². The van der Waals surface area contributed by atoms with Crippen molar-refractivity contribution in [3.8, 4) is 0 Å². The molecule has 1 amide bonds. The van der Waals surface area contributed by atoms with Gasteiger partial charge in [0.2, 0.25) is 0 Å². The number of rotatable bonds is 4. The van der Waals surface area contributed by atoms with E-state index in [-0.39, 0.29) is 11.9 Å². The van der Waals surface area contributed by atoms with Gasteiger partial charge in [-0.2, -0.15) is 0 Å². The highest BCUT2D eigenvalue weighted by molar-refractivity contribution is 6.00. The molecule has 0 unspecified atom stereocenters. The molecule has 0 heterocycles. The van der Waals surface area contributed by atoms with Crippen LogP contribution in [-0.4, -0.2) is 18.0 Å². The van der Waals surface area contributed by atoms with Crippen molar-refractivity contribution in [1.29, 1.82) is 0 Å². The van der Waals surface area contributed by atoms with E-state index in [2.05, 4.69) is 10.6 Å². The number of anilines is 2. The van der Waals surface area contributed by atoms with Crippen molar-refractivity contribution in [1.82, 2.24) is 5.32 Å². The van der Waals surface area contributed by atoms with Gasteiger partial charge in [0.1, 0.15) is 0 Å². The molecule has 0 aromatic heterocycles. The molecule has 17 heavy (non-hydrogen) atoms. The lowest BCUT2D eigenvalue weighted by atomic mass is 10.1. The van der Waals surface area contributed by atoms with E-state index in [4.69, 9.17) is 5.73 Å². The molecule has 0 aliphatic heterocycles. The van der Waals surface area contributed by atoms with Crippen molar-refractivity contribution in [3.63, 3.8) is 0 Å². The molecule has 1 aromatic rings. The van der Waals surface area contributed by atoms with Crippen molar-refractivity contribution in [2.24, 2.45) is 0 Å². The maximum absolute atomic E-state index is 12.0. The van der Waals surface area contributed by atoms with Gasteiger partial charge >= 0.3 is 0 Å². The lowest BCUT2D eigenvalue weighted by molar-refractivity contribution is 0.0944. The molecule has 0 atom stereocenters. The zero-order valence-electron chi connectivity index (χ0n) is 10.3. The molecule has 2 rings (SSSR count). The number of nitrogens with one attached hydrogen (secondary N) is 2. The molecule has 4 nitrogen and oxygen atoms in total. The number of nitrogen functional groups attached to an aromatic ring is 1. The van der Waals surface area contributed by atoms with Crippen molar-refractivity contribution in [3.05, 3.63) is 23.8 Å². The third-order valence-corrected chi connectivity index (χ3v) is 2.64. The van der Waals surface area contributed by atoms with Crippen LogP contribution in [0.25, 0.3) is 0 Å². The van der Waals surface area contributed by atoms with Crippen LogP contribution in [0.4, 0.5) is 11.4 Å². The molecule has 1 saturated carbocycles. The summed E-state index contributed by atoms with van der Waals surface area (Å²) in [6.45, 7) is 3.89. The highest BCUT2D eigenvalue weighted by atomic mass is 16.1. The van der Waals surface area contributed by atoms with Gasteiger partial charge in [-0.1, -0.05) is 0 Å². The Balaban J connectivity index is 2.21. The number of hydrogen-bond acceptors (Lipinski definition) is 3. The molecular weight excluding hydrogens is 214 g/mol. The summed E-state index contributed by atoms with van der Waals surface area (Å²) in [4.78, 5) is 12.0. The van der Waals surface area contributed by atoms with Crippen molar-refractivity contribution < 1.29 is 4.79 Å². The number of amides is 1. The van der Waals surface area contributed by atoms with Crippen LogP contribution in [0.15, 0.2) is 18.2 Å². The molecule has 1 fully saturated rings. The van der Waals surface area contributed by atoms with Gasteiger partial charge in [-0.3, -0.25) is 4.79 Å². The minimum atomic E-state index is -0.0737. The lowest BCUT2D eigenvalue weighted by Gasteiger charge is -2.14. The monoisotopic (exact) mass is 233 g/mol. The average Bonchev–Trinajstić information content (AvgIpc) is 3.03. The quantitative estimate of drug-likeness (QED) is 0.697. The van der Waals surface area contributed by atoms with Crippen molar-refractivity contribution in [2.75, 3.05) is 11.1 Å². The summed E-state index contributed by atoms with van der Waals surface area (Å²) in [7, 11) is 0. The molecule has 1 aliphatic carbocycles. The van der Waals surface area contributed by atoms with Crippen LogP contribution in [0.2, 0.25) is 0 Å². The average molecular weight is 233 g/mol. The Hall–Kier alpha value is -1.71. The Bertz CT molecular complexity index is 425. The van der Waals surface area contributed by atoms with E-state index in [1.165, 1.54) is 12.8 Å². The van der Waals surface area contributed by atoms with Gasteiger partial charge in [0.25, 0.3) is 5.91 Å². The topological polar surface area (TPSA) is 67.2 Å². The van der Waals surface area contributed by atoms with E-state index in [9.17, 15) is 4.79 Å². The Morgan fingerprint density at radius 2 is 2.12 bits per heavy atom. The van der Waals surface area contributed by atoms with Crippen molar-refractivity contribution >= 4 is 17.3 Å². The smallest absolute Gasteiger partial charge is 0.253 e. The summed E-state index contributed by atoms with van der Waals surface area (Å²) in [5.41, 5.74) is 7.85. The van der Waals surface area contributed by atoms with Crippen LogP contribution in [0, 0.1) is 0 Å². The van der Waals surface area contributed by atoms with E-state index in [0.717, 1.165) is 5.69 Å². The second-order valence-electron chi connectivity index (χ2n) is 4.85. The van der Waals surface area contributed by atoms with Crippen LogP contribution in [0.5, 0.6) is 0 Å². The molecule has 1 aromatic carbocycles. The Morgan fingerprint density at radius 3 is 2.71 bits per heavy atom. The molecular formula is C13H19N3O. The maximum atomic E-state index is 12.0. The summed E-state index contributed by atoms with van der Waals surface area (Å²) in [5.74, 6) is -0.0737. The molecule has 0 radical (unpaired) electrons. The second-order valence-corrected chi connectivity index (χ2v) is 4.85. The van der Waals surface area contributed by atoms with Gasteiger partial charge < -0.3 is 16.4 Å². The first-order valence-corrected chi connectivity index (χ1v) is 6.03. The molecule has 92 valence electrons. The summed E-state index contributed by atoms with van der Waals surface area (Å²) < 4.78 is 0. The van der Waals surface area contributed by atoms with Crippen LogP contribution in [0.1, 0.15) is 37.0 Å². The van der Waals surface area contributed by atoms with E-state index in [0.29, 0.717) is 17.3 Å². The van der Waals surface area contributed by atoms with E-state index in [1.54, 1.807) is 6.07 Å². The van der Waals surface area contributed by atoms with Crippen LogP contribution < -0.4 is 16.4 Å². The zero-order valence-corrected chi connectivity index (χ0v) is 10.3. The largest absolute Gasteiger partial charge is 0.399 e. The number of benzene rings is 1. The minimum Gasteiger partial charge on any atom is -0.399 e. The predicted octanol–water partition coefficient (Wildman–Crippen LogP) is 1.98. The Morgan fingerprint density at radius 1 is 1.41 bits per heavy atom. The number of hydrogen-bond donors (Lipinski definition) is 3. The molecule has 4 N–H and O–H groups in total. The number of nitrogens with two attached hydrogens (primary N) is 1. The minimum absolute atomic E-state index is 0.0737. The molecule has 4 heteroatoms. The Labute approximate surface area is 102 Å². The van der Waals surface area contributed by atoms with E-state index in [1.807, 2.05) is 26.0 Å². The summed E-state index contributed by atoms with van der Waals surface area (Å²) in [6, 6.07) is 6.06. The summed E-state index contributed by atoms with van der Waals surface area (Å²) in [6.07, 6.45) is 2.35. The van der Waals surface area contributed by atoms with Gasteiger partial charge in [-0.15, -0.1) is 0 Å². The van der Waals surface area contributed by atoms with Gasteiger partial charge in [-0.05, 0) is 44.9 Å². The fourth-order valence-corrected chi connectivity index (χ4v) is 1.66. The number of carbonyl (C=O) groups excluding carboxylic acids is 1. The highest BCUT2D eigenvalue weighted by Gasteiger charge is 2.23. The fraction of sp³-hybridized carbons (Fsp3) is 0.462. The first-order valence-electron chi connectivity index (χ1n) is 6.03. The van der Waals surface area contributed by atoms with Gasteiger partial charge in [0.15, 0.2) is 0 Å². The third kappa shape index (κ3) is 3.12. The van der Waals surface area contributed by atoms with E-state index >= 15 is 0 Å². The predicted molar refractivity (Wildman–Crippen MR) is 70.1 cm³/mol. The molecule has 1 aliphatic rings. The molecule has 0 spiro atoms. The summed E-state index contributed by atoms with van der Waals surface area (Å²) in [5, 5.41) is 6.24. The first kappa shape index (κ1) is 11.8. The SMILES string of the molecule is CC(C)NC(=O)c1cc(N)ccc1NC1CC1. The standard InChI is InChI=1S/C13H19N3O/c1-8(2)15-13(17)11-7-9(14)3-6-12(11)16-10-4-5-10/h3,6-8,10,16H,4-5,14H2,1-2H3,(H,15,17). The zero-order chi connectivity index (χ0) is 12.4. The maximum Gasteiger partial charge on any atom is 0.253 e. The van der Waals surface area contributed by atoms with Crippen LogP contribution in [-0.2, 0) is 0 Å². The normalized spacial score (nSPS) is 14.8. The first-order chi connectivity index (χ1) is 8.06. The molecule has 0 bridgehead atoms. The van der Waals surface area contributed by atoms with Gasteiger partial charge in [-0.25, -0.2) is 0 Å². The Kier molecular flexibility index (Phi) is 3.22. The number of carbonyl (C=O) groups is 1. The second kappa shape index (κ2) is 4.65. The lowest BCUT2D eigenvalue weighted by Crippen LogP contribution is -2.30. The van der Waals surface area contributed by atoms with Crippen LogP contribution in [0.3, 0.4) is 0 Å². The fourth-order valence-electron chi connectivity index (χ4n) is 1.66.